The van der Waals surface area contributed by atoms with Crippen LogP contribution < -0.4 is 15.0 Å². The van der Waals surface area contributed by atoms with Gasteiger partial charge in [-0.3, -0.25) is 4.79 Å². The van der Waals surface area contributed by atoms with Gasteiger partial charge in [-0.25, -0.2) is 9.78 Å². The summed E-state index contributed by atoms with van der Waals surface area (Å²) in [6.45, 7) is 5.22. The van der Waals surface area contributed by atoms with Gasteiger partial charge in [0, 0.05) is 20.4 Å². The van der Waals surface area contributed by atoms with Crippen molar-refractivity contribution >= 4 is 66.5 Å². The highest BCUT2D eigenvalue weighted by Crippen LogP contribution is 2.42. The number of carboxylic acids is 1. The molecule has 0 amide bonds. The van der Waals surface area contributed by atoms with E-state index < -0.39 is 12.1 Å². The van der Waals surface area contributed by atoms with Crippen molar-refractivity contribution < 1.29 is 19.4 Å². The van der Waals surface area contributed by atoms with Crippen molar-refractivity contribution in [2.24, 2.45) is 5.10 Å². The molecule has 174 valence electrons. The summed E-state index contributed by atoms with van der Waals surface area (Å²) >= 11 is 13.2. The zero-order valence-corrected chi connectivity index (χ0v) is 22.0. The molecule has 0 aliphatic heterocycles. The van der Waals surface area contributed by atoms with Gasteiger partial charge in [0.25, 0.3) is 5.56 Å². The van der Waals surface area contributed by atoms with E-state index in [-0.39, 0.29) is 28.0 Å². The van der Waals surface area contributed by atoms with Gasteiger partial charge >= 0.3 is 5.97 Å². The SMILES string of the molecule is COc1cc(C=Nn2c(C(C)C)nc3ccc(Br)cc3c2=O)c(Br)c(Cl)c1O[C@@H](C)C(=O)O. The lowest BCUT2D eigenvalue weighted by Gasteiger charge is -2.17. The zero-order valence-electron chi connectivity index (χ0n) is 18.1. The molecule has 2 aromatic carbocycles. The van der Waals surface area contributed by atoms with E-state index in [0.717, 1.165) is 4.47 Å². The molecule has 0 spiro atoms. The number of benzene rings is 2. The number of hydrogen-bond donors (Lipinski definition) is 1. The average molecular weight is 602 g/mol. The first-order valence-corrected chi connectivity index (χ1v) is 11.7. The monoisotopic (exact) mass is 599 g/mol. The molecule has 0 radical (unpaired) electrons. The van der Waals surface area contributed by atoms with Crippen LogP contribution in [0.4, 0.5) is 0 Å². The smallest absolute Gasteiger partial charge is 0.344 e. The summed E-state index contributed by atoms with van der Waals surface area (Å²) in [7, 11) is 1.41. The second-order valence-corrected chi connectivity index (χ2v) is 9.46. The first-order chi connectivity index (χ1) is 15.5. The van der Waals surface area contributed by atoms with Gasteiger partial charge in [-0.05, 0) is 47.1 Å². The van der Waals surface area contributed by atoms with E-state index in [1.54, 1.807) is 18.2 Å². The maximum atomic E-state index is 13.2. The van der Waals surface area contributed by atoms with E-state index in [1.165, 1.54) is 24.9 Å². The van der Waals surface area contributed by atoms with E-state index in [9.17, 15) is 9.59 Å². The maximum absolute atomic E-state index is 13.2. The molecule has 1 atom stereocenters. The van der Waals surface area contributed by atoms with Gasteiger partial charge in [-0.1, -0.05) is 41.4 Å². The Morgan fingerprint density at radius 3 is 2.58 bits per heavy atom. The molecule has 0 saturated carbocycles. The number of hydrogen-bond acceptors (Lipinski definition) is 6. The van der Waals surface area contributed by atoms with E-state index in [0.29, 0.717) is 26.8 Å². The van der Waals surface area contributed by atoms with Crippen molar-refractivity contribution in [1.82, 2.24) is 9.66 Å². The number of aliphatic carboxylic acids is 1. The van der Waals surface area contributed by atoms with Crippen LogP contribution in [0, 0.1) is 0 Å². The van der Waals surface area contributed by atoms with Crippen molar-refractivity contribution in [1.29, 1.82) is 0 Å². The molecular weight excluding hydrogens is 582 g/mol. The minimum Gasteiger partial charge on any atom is -0.493 e. The molecule has 0 bridgehead atoms. The van der Waals surface area contributed by atoms with E-state index in [1.807, 2.05) is 19.9 Å². The summed E-state index contributed by atoms with van der Waals surface area (Å²) in [6.07, 6.45) is 0.305. The summed E-state index contributed by atoms with van der Waals surface area (Å²) in [5.41, 5.74) is 0.757. The highest BCUT2D eigenvalue weighted by molar-refractivity contribution is 9.10. The largest absolute Gasteiger partial charge is 0.493 e. The Labute approximate surface area is 211 Å². The molecule has 0 saturated heterocycles. The molecule has 0 aliphatic rings. The third-order valence-corrected chi connectivity index (χ3v) is 6.62. The van der Waals surface area contributed by atoms with Crippen LogP contribution in [0.15, 0.2) is 43.1 Å². The number of aromatic nitrogens is 2. The van der Waals surface area contributed by atoms with Crippen LogP contribution in [-0.2, 0) is 4.79 Å². The van der Waals surface area contributed by atoms with Crippen LogP contribution in [0.25, 0.3) is 10.9 Å². The minimum absolute atomic E-state index is 0.0715. The Morgan fingerprint density at radius 2 is 1.97 bits per heavy atom. The molecule has 1 heterocycles. The summed E-state index contributed by atoms with van der Waals surface area (Å²) in [6, 6.07) is 6.88. The third kappa shape index (κ3) is 5.23. The Hall–Kier alpha value is -2.43. The molecule has 3 aromatic rings. The van der Waals surface area contributed by atoms with Crippen molar-refractivity contribution in [2.45, 2.75) is 32.8 Å². The molecule has 1 aromatic heterocycles. The molecule has 1 N–H and O–H groups in total. The van der Waals surface area contributed by atoms with Gasteiger partial charge in [-0.2, -0.15) is 9.78 Å². The molecule has 33 heavy (non-hydrogen) atoms. The van der Waals surface area contributed by atoms with Gasteiger partial charge in [0.05, 0.1) is 24.2 Å². The van der Waals surface area contributed by atoms with E-state index in [4.69, 9.17) is 26.2 Å². The first kappa shape index (κ1) is 25.2. The van der Waals surface area contributed by atoms with Crippen LogP contribution in [-0.4, -0.2) is 40.2 Å². The lowest BCUT2D eigenvalue weighted by atomic mass is 10.2. The lowest BCUT2D eigenvalue weighted by molar-refractivity contribution is -0.144. The van der Waals surface area contributed by atoms with Crippen molar-refractivity contribution in [3.63, 3.8) is 0 Å². The quantitative estimate of drug-likeness (QED) is 0.362. The number of carbonyl (C=O) groups is 1. The summed E-state index contributed by atoms with van der Waals surface area (Å²) < 4.78 is 13.2. The Morgan fingerprint density at radius 1 is 1.27 bits per heavy atom. The Balaban J connectivity index is 2.14. The van der Waals surface area contributed by atoms with Crippen molar-refractivity contribution in [3.8, 4) is 11.5 Å². The van der Waals surface area contributed by atoms with Crippen LogP contribution in [0.5, 0.6) is 11.5 Å². The van der Waals surface area contributed by atoms with Crippen molar-refractivity contribution in [3.05, 3.63) is 60.0 Å². The summed E-state index contributed by atoms with van der Waals surface area (Å²) in [5, 5.41) is 14.1. The van der Waals surface area contributed by atoms with Gasteiger partial charge in [-0.15, -0.1) is 0 Å². The van der Waals surface area contributed by atoms with E-state index in [2.05, 4.69) is 41.9 Å². The van der Waals surface area contributed by atoms with Crippen LogP contribution in [0.3, 0.4) is 0 Å². The Kier molecular flexibility index (Phi) is 7.81. The van der Waals surface area contributed by atoms with Gasteiger partial charge < -0.3 is 14.6 Å². The number of nitrogens with zero attached hydrogens (tertiary/aromatic N) is 3. The standard InChI is InChI=1S/C22H20Br2ClN3O5/c1-10(2)20-27-15-6-5-13(23)8-14(15)21(29)28(20)26-9-12-7-16(32-4)19(18(25)17(12)24)33-11(3)22(30)31/h5-11H,1-4H3,(H,30,31)/t11-/m0/s1. The molecule has 8 nitrogen and oxygen atoms in total. The maximum Gasteiger partial charge on any atom is 0.344 e. The second kappa shape index (κ2) is 10.2. The van der Waals surface area contributed by atoms with Crippen LogP contribution >= 0.6 is 43.5 Å². The molecule has 0 aliphatic carbocycles. The predicted octanol–water partition coefficient (Wildman–Crippen LogP) is 5.44. The number of halogens is 3. The first-order valence-electron chi connectivity index (χ1n) is 9.77. The minimum atomic E-state index is -1.15. The number of rotatable bonds is 7. The number of carboxylic acid groups (broad SMARTS) is 1. The second-order valence-electron chi connectivity index (χ2n) is 7.37. The van der Waals surface area contributed by atoms with Gasteiger partial charge in [0.1, 0.15) is 10.8 Å². The highest BCUT2D eigenvalue weighted by Gasteiger charge is 2.22. The molecular formula is C22H20Br2ClN3O5. The molecule has 0 unspecified atom stereocenters. The predicted molar refractivity (Wildman–Crippen MR) is 134 cm³/mol. The third-order valence-electron chi connectivity index (χ3n) is 4.68. The normalized spacial score (nSPS) is 12.5. The topological polar surface area (TPSA) is 103 Å². The van der Waals surface area contributed by atoms with Crippen LogP contribution in [0.1, 0.15) is 38.1 Å². The summed E-state index contributed by atoms with van der Waals surface area (Å²) in [5.74, 6) is -0.427. The number of methoxy groups -OCH3 is 1. The fourth-order valence-electron chi connectivity index (χ4n) is 2.96. The number of fused-ring (bicyclic) bond motifs is 1. The van der Waals surface area contributed by atoms with Crippen molar-refractivity contribution in [2.75, 3.05) is 7.11 Å². The van der Waals surface area contributed by atoms with E-state index >= 15 is 0 Å². The average Bonchev–Trinajstić information content (AvgIpc) is 2.77. The zero-order chi connectivity index (χ0) is 24.4. The fourth-order valence-corrected chi connectivity index (χ4v) is 3.96. The summed E-state index contributed by atoms with van der Waals surface area (Å²) in [4.78, 5) is 29.0. The van der Waals surface area contributed by atoms with Gasteiger partial charge in [0.15, 0.2) is 17.6 Å². The highest BCUT2D eigenvalue weighted by atomic mass is 79.9. The Bertz CT molecular complexity index is 1320. The molecule has 0 fully saturated rings. The molecule has 11 heteroatoms. The van der Waals surface area contributed by atoms with Gasteiger partial charge in [0.2, 0.25) is 0 Å². The molecule has 3 rings (SSSR count). The van der Waals surface area contributed by atoms with Crippen LogP contribution in [0.2, 0.25) is 5.02 Å². The number of ether oxygens (including phenoxy) is 2. The lowest BCUT2D eigenvalue weighted by Crippen LogP contribution is -2.23. The fraction of sp³-hybridized carbons (Fsp3) is 0.273.